The van der Waals surface area contributed by atoms with Crippen molar-refractivity contribution < 1.29 is 73.8 Å². The molecule has 0 aliphatic rings. The normalized spacial score (nSPS) is 11.6. The van der Waals surface area contributed by atoms with Crippen LogP contribution in [0.3, 0.4) is 0 Å². The van der Waals surface area contributed by atoms with Gasteiger partial charge in [0.2, 0.25) is 47.3 Å². The number of carboxylic acids is 2. The largest absolute Gasteiger partial charge is 0.477 e. The number of aromatic carboxylic acids is 2. The number of aromatic nitrogens is 2. The Hall–Kier alpha value is -6.96. The van der Waals surface area contributed by atoms with Crippen LogP contribution in [0.25, 0.3) is 0 Å². The van der Waals surface area contributed by atoms with Gasteiger partial charge in [0, 0.05) is 101 Å². The van der Waals surface area contributed by atoms with Crippen molar-refractivity contribution in [3.63, 3.8) is 0 Å². The third-order valence-corrected chi connectivity index (χ3v) is 12.1. The molecule has 2 rings (SSSR count). The molecule has 0 spiro atoms. The van der Waals surface area contributed by atoms with E-state index in [4.69, 9.17) is 15.4 Å². The van der Waals surface area contributed by atoms with Crippen LogP contribution in [0, 0.1) is 11.3 Å². The number of hydrogen-bond donors (Lipinski definition) is 15. The zero-order valence-corrected chi connectivity index (χ0v) is 52.8. The maximum Gasteiger partial charge on any atom is 0.354 e. The van der Waals surface area contributed by atoms with Gasteiger partial charge >= 0.3 is 11.9 Å². The van der Waals surface area contributed by atoms with E-state index in [0.717, 1.165) is 26.2 Å². The molecule has 0 saturated carbocycles. The first-order valence-electron chi connectivity index (χ1n) is 28.0. The van der Waals surface area contributed by atoms with E-state index in [-0.39, 0.29) is 127 Å². The third kappa shape index (κ3) is 40.4. The molecular formula is C56H93N13O15S2. The molecule has 30 heteroatoms. The number of unbranched alkanes of at least 4 members (excludes halogenated alkanes) is 2. The van der Waals surface area contributed by atoms with Gasteiger partial charge in [0.05, 0.1) is 22.9 Å². The monoisotopic (exact) mass is 1250 g/mol. The van der Waals surface area contributed by atoms with Gasteiger partial charge in [-0.15, -0.1) is 0 Å². The number of nitrogens with one attached hydrogen (secondary N) is 8. The number of rotatable bonds is 36. The first-order chi connectivity index (χ1) is 40.2. The van der Waals surface area contributed by atoms with Gasteiger partial charge in [0.15, 0.2) is 0 Å². The van der Waals surface area contributed by atoms with Gasteiger partial charge in [0.25, 0.3) is 0 Å². The van der Waals surface area contributed by atoms with Crippen LogP contribution in [-0.4, -0.2) is 179 Å². The Labute approximate surface area is 514 Å². The van der Waals surface area contributed by atoms with Gasteiger partial charge in [0.1, 0.15) is 24.7 Å². The Balaban J connectivity index is 0.00000130. The highest BCUT2D eigenvalue weighted by Gasteiger charge is 2.21. The molecule has 13 N–H and O–H groups in total. The number of amides is 8. The number of nitrogens with zero attached hydrogens (tertiary/aromatic N) is 5. The average Bonchev–Trinajstić information content (AvgIpc) is 3.62. The minimum absolute atomic E-state index is 0.0126. The summed E-state index contributed by atoms with van der Waals surface area (Å²) in [6.07, 6.45) is 3.19. The summed E-state index contributed by atoms with van der Waals surface area (Å²) >= 11 is 7.75. The maximum atomic E-state index is 12.0. The van der Waals surface area contributed by atoms with Crippen molar-refractivity contribution in [3.05, 3.63) is 71.4 Å². The molecule has 2 unspecified atom stereocenters. The molecule has 8 amide bonds. The maximum absolute atomic E-state index is 12.0. The van der Waals surface area contributed by atoms with E-state index in [1.54, 1.807) is 24.3 Å². The summed E-state index contributed by atoms with van der Waals surface area (Å²) in [6, 6.07) is 9.69. The topological polar surface area (TPSA) is 404 Å². The second kappa shape index (κ2) is 42.8. The number of hydroxylamine groups is 6. The van der Waals surface area contributed by atoms with Gasteiger partial charge < -0.3 is 52.7 Å². The lowest BCUT2D eigenvalue weighted by Crippen LogP contribution is -2.46. The minimum atomic E-state index is -1.05. The summed E-state index contributed by atoms with van der Waals surface area (Å²) in [5.41, 5.74) is 1.54. The molecule has 28 nitrogen and oxygen atoms in total. The first-order valence-corrected chi connectivity index (χ1v) is 29.3. The van der Waals surface area contributed by atoms with Crippen LogP contribution in [0.15, 0.2) is 48.7 Å². The number of pyridine rings is 2. The van der Waals surface area contributed by atoms with Crippen molar-refractivity contribution in [3.8, 4) is 0 Å². The molecule has 86 heavy (non-hydrogen) atoms. The van der Waals surface area contributed by atoms with Crippen LogP contribution in [0.1, 0.15) is 159 Å². The molecule has 2 aromatic heterocycles. The molecule has 0 radical (unpaired) electrons. The van der Waals surface area contributed by atoms with E-state index in [2.05, 4.69) is 105 Å². The van der Waals surface area contributed by atoms with E-state index < -0.39 is 42.2 Å². The molecule has 0 aliphatic carbocycles. The smallest absolute Gasteiger partial charge is 0.354 e. The van der Waals surface area contributed by atoms with Crippen molar-refractivity contribution in [1.82, 2.24) is 67.7 Å². The highest BCUT2D eigenvalue weighted by atomic mass is 32.1. The van der Waals surface area contributed by atoms with Gasteiger partial charge in [-0.05, 0) is 89.0 Å². The summed E-state index contributed by atoms with van der Waals surface area (Å²) in [5.74, 6) is -5.09. The molecule has 484 valence electrons. The number of hydrogen-bond acceptors (Lipinski definition) is 20. The fourth-order valence-electron chi connectivity index (χ4n) is 7.12. The molecule has 2 atom stereocenters. The van der Waals surface area contributed by atoms with Crippen LogP contribution < -0.4 is 42.5 Å². The fraction of sp³-hybridized carbons (Fsp3) is 0.607. The predicted molar refractivity (Wildman–Crippen MR) is 325 cm³/mol. The van der Waals surface area contributed by atoms with Crippen LogP contribution >= 0.6 is 25.3 Å². The van der Waals surface area contributed by atoms with Gasteiger partial charge in [-0.1, -0.05) is 53.3 Å². The molecule has 0 saturated heterocycles. The number of carboxylic acid groups (broad SMARTS) is 2. The molecule has 0 aliphatic heterocycles. The van der Waals surface area contributed by atoms with Crippen LogP contribution in [0.4, 0.5) is 0 Å². The molecular weight excluding hydrogens is 1160 g/mol. The average molecular weight is 1250 g/mol. The van der Waals surface area contributed by atoms with E-state index in [1.807, 2.05) is 34.6 Å². The Bertz CT molecular complexity index is 2500. The third-order valence-electron chi connectivity index (χ3n) is 11.5. The van der Waals surface area contributed by atoms with Crippen molar-refractivity contribution in [2.24, 2.45) is 11.3 Å². The second-order valence-electron chi connectivity index (χ2n) is 22.3. The molecule has 0 aromatic carbocycles. The van der Waals surface area contributed by atoms with Gasteiger partial charge in [-0.25, -0.2) is 34.7 Å². The second-order valence-corrected chi connectivity index (χ2v) is 22.9. The minimum Gasteiger partial charge on any atom is -0.477 e. The molecule has 0 fully saturated rings. The standard InChI is InChI=1S/C22H40N6O8.C21H28N4O4.C13H25N3O3S2/c1-16(2)22(33)23-12-6-5-7-13-26(34)20(31)10-8-17(3)24-14-28(36)21(32)11-9-19(30)25-15-27(35)18(4)29;1-21(2,3)10-16(23-13-15-7-5-9-18(25-15)20(28)29)12-22-11-14-6-4-8-17(24-14)19(26)27;1-13(2,3)16-10(17)5-4-9(15-12(19)8-21)6-14-11(18)7-20/h16,24,34-36H,3,5-15H2,1-2,4H3,(H,23,33)(H,25,30);4-9,16,22-23H,10-13H2,1-3H3,(H,26,27)(H,28,29);9,20-21H,4-8H2,1-3H3,(H,14,18)(H,15,19)(H,16,17). The fourth-order valence-corrected chi connectivity index (χ4v) is 7.32. The van der Waals surface area contributed by atoms with Crippen LogP contribution in [0.2, 0.25) is 0 Å². The summed E-state index contributed by atoms with van der Waals surface area (Å²) < 4.78 is 0. The first kappa shape index (κ1) is 79.0. The van der Waals surface area contributed by atoms with Crippen molar-refractivity contribution in [2.75, 3.05) is 51.0 Å². The van der Waals surface area contributed by atoms with Crippen molar-refractivity contribution >= 4 is 84.5 Å². The molecule has 2 heterocycles. The summed E-state index contributed by atoms with van der Waals surface area (Å²) in [6.45, 7) is 22.4. The highest BCUT2D eigenvalue weighted by Crippen LogP contribution is 2.21. The Morgan fingerprint density at radius 1 is 0.616 bits per heavy atom. The quantitative estimate of drug-likeness (QED) is 0.0153. The zero-order valence-electron chi connectivity index (χ0n) is 51.0. The highest BCUT2D eigenvalue weighted by molar-refractivity contribution is 7.81. The number of thiol groups is 2. The van der Waals surface area contributed by atoms with Crippen LogP contribution in [0.5, 0.6) is 0 Å². The molecule has 0 bridgehead atoms. The number of allylic oxidation sites excluding steroid dienone is 1. The number of carbonyl (C=O) groups is 10. The lowest BCUT2D eigenvalue weighted by molar-refractivity contribution is -0.168. The lowest BCUT2D eigenvalue weighted by Gasteiger charge is -2.27. The van der Waals surface area contributed by atoms with E-state index in [0.29, 0.717) is 71.3 Å². The Morgan fingerprint density at radius 2 is 1.17 bits per heavy atom. The summed E-state index contributed by atoms with van der Waals surface area (Å²) in [4.78, 5) is 123. The molecule has 2 aromatic rings. The van der Waals surface area contributed by atoms with E-state index in [1.165, 1.54) is 12.1 Å². The zero-order chi connectivity index (χ0) is 65.6. The van der Waals surface area contributed by atoms with Crippen molar-refractivity contribution in [2.45, 2.75) is 157 Å². The van der Waals surface area contributed by atoms with E-state index in [9.17, 15) is 58.4 Å². The van der Waals surface area contributed by atoms with Gasteiger partial charge in [-0.3, -0.25) is 54.0 Å². The van der Waals surface area contributed by atoms with E-state index >= 15 is 0 Å². The number of carbonyl (C=O) groups excluding carboxylic acids is 8. The predicted octanol–water partition coefficient (Wildman–Crippen LogP) is 3.00. The Morgan fingerprint density at radius 3 is 1.71 bits per heavy atom. The van der Waals surface area contributed by atoms with Crippen LogP contribution in [-0.2, 0) is 51.4 Å². The summed E-state index contributed by atoms with van der Waals surface area (Å²) in [5, 5.41) is 70.9. The lowest BCUT2D eigenvalue weighted by atomic mass is 9.88. The van der Waals surface area contributed by atoms with Crippen molar-refractivity contribution in [1.29, 1.82) is 0 Å². The SMILES string of the molecule is C=C(CCC(=O)N(O)CCCCCNC(=O)C(C)C)NCN(O)C(=O)CCC(=O)NCN(O)C(C)=O.CC(C)(C)CC(CNCc1cccc(C(=O)O)n1)NCc1cccc(C(=O)O)n1.CC(C)(C)NC(=O)CCC(CNC(=O)CS)NC(=O)CS. The van der Waals surface area contributed by atoms with Gasteiger partial charge in [-0.2, -0.15) is 25.3 Å². The Kier molecular flexibility index (Phi) is 39.3. The summed E-state index contributed by atoms with van der Waals surface area (Å²) in [7, 11) is 0.